The number of benzene rings is 4. The molecule has 3 N–H and O–H groups in total. The largest absolute Gasteiger partial charge is 0.488 e. The number of aromatic amines is 1. The standard InChI is InChI=1S/C36H32FN3O5/c37-32-7-3-1-6-28(32)29-18-34-30(26-10-9-22(15-24(26)21-45-34)36(43)40-11-13-44-14-12-40)17-31(29)35(42)39-25(20-41)16-23-19-38-33-8-4-2-5-27(23)33/h1-10,15,17-19,25,38,41H,11-14,16,20-21H2,(H,39,42). The van der Waals surface area contributed by atoms with Crippen LogP contribution in [0.25, 0.3) is 33.2 Å². The highest BCUT2D eigenvalue weighted by Gasteiger charge is 2.27. The number of hydrogen-bond acceptors (Lipinski definition) is 5. The fourth-order valence-electron chi connectivity index (χ4n) is 6.20. The molecule has 0 spiro atoms. The van der Waals surface area contributed by atoms with Gasteiger partial charge in [0.2, 0.25) is 0 Å². The summed E-state index contributed by atoms with van der Waals surface area (Å²) in [6.45, 7) is 2.06. The first-order valence-electron chi connectivity index (χ1n) is 15.0. The van der Waals surface area contributed by atoms with E-state index in [4.69, 9.17) is 9.47 Å². The van der Waals surface area contributed by atoms with Crippen LogP contribution in [0.1, 0.15) is 31.8 Å². The zero-order valence-electron chi connectivity index (χ0n) is 24.5. The van der Waals surface area contributed by atoms with Crippen molar-refractivity contribution < 1.29 is 28.6 Å². The average Bonchev–Trinajstić information content (AvgIpc) is 3.49. The van der Waals surface area contributed by atoms with E-state index in [-0.39, 0.29) is 30.2 Å². The molecule has 1 saturated heterocycles. The second-order valence-corrected chi connectivity index (χ2v) is 11.4. The van der Waals surface area contributed by atoms with Crippen molar-refractivity contribution in [1.82, 2.24) is 15.2 Å². The summed E-state index contributed by atoms with van der Waals surface area (Å²) >= 11 is 0. The number of amides is 2. The van der Waals surface area contributed by atoms with Crippen LogP contribution in [0.2, 0.25) is 0 Å². The molecule has 9 heteroatoms. The number of H-pyrrole nitrogens is 1. The van der Waals surface area contributed by atoms with Crippen LogP contribution in [-0.4, -0.2) is 65.8 Å². The number of aliphatic hydroxyl groups excluding tert-OH is 1. The zero-order chi connectivity index (χ0) is 30.9. The maximum atomic E-state index is 15.1. The molecule has 1 atom stereocenters. The Morgan fingerprint density at radius 2 is 1.73 bits per heavy atom. The van der Waals surface area contributed by atoms with Crippen molar-refractivity contribution in [3.05, 3.63) is 113 Å². The van der Waals surface area contributed by atoms with Crippen molar-refractivity contribution in [3.8, 4) is 28.0 Å². The van der Waals surface area contributed by atoms with Gasteiger partial charge >= 0.3 is 0 Å². The molecule has 0 saturated carbocycles. The third-order valence-electron chi connectivity index (χ3n) is 8.55. The minimum atomic E-state index is -0.585. The molecule has 8 nitrogen and oxygen atoms in total. The third-order valence-corrected chi connectivity index (χ3v) is 8.55. The van der Waals surface area contributed by atoms with E-state index in [0.29, 0.717) is 55.2 Å². The number of carbonyl (C=O) groups is 2. The summed E-state index contributed by atoms with van der Waals surface area (Å²) in [5, 5.41) is 14.3. The lowest BCUT2D eigenvalue weighted by Crippen LogP contribution is -2.40. The topological polar surface area (TPSA) is 104 Å². The Hall–Kier alpha value is -4.99. The highest BCUT2D eigenvalue weighted by molar-refractivity contribution is 6.04. The summed E-state index contributed by atoms with van der Waals surface area (Å²) in [5.74, 6) is -0.457. The van der Waals surface area contributed by atoms with Crippen LogP contribution in [0.3, 0.4) is 0 Å². The molecule has 4 aromatic carbocycles. The average molecular weight is 606 g/mol. The maximum Gasteiger partial charge on any atom is 0.254 e. The van der Waals surface area contributed by atoms with Crippen LogP contribution in [0, 0.1) is 5.82 Å². The molecule has 1 unspecified atom stereocenters. The van der Waals surface area contributed by atoms with E-state index >= 15 is 4.39 Å². The minimum Gasteiger partial charge on any atom is -0.488 e. The Balaban J connectivity index is 1.24. The number of morpholine rings is 1. The van der Waals surface area contributed by atoms with Crippen LogP contribution >= 0.6 is 0 Å². The first-order chi connectivity index (χ1) is 22.0. The summed E-state index contributed by atoms with van der Waals surface area (Å²) in [5.41, 5.74) is 5.73. The van der Waals surface area contributed by atoms with Crippen molar-refractivity contribution in [3.63, 3.8) is 0 Å². The van der Waals surface area contributed by atoms with E-state index < -0.39 is 17.8 Å². The van der Waals surface area contributed by atoms with E-state index in [1.54, 1.807) is 41.3 Å². The fraction of sp³-hybridized carbons (Fsp3) is 0.222. The molecular weight excluding hydrogens is 573 g/mol. The molecule has 7 rings (SSSR count). The molecule has 228 valence electrons. The Labute approximate surface area is 259 Å². The highest BCUT2D eigenvalue weighted by Crippen LogP contribution is 2.42. The van der Waals surface area contributed by atoms with Gasteiger partial charge in [-0.2, -0.15) is 0 Å². The number of nitrogens with one attached hydrogen (secondary N) is 2. The molecule has 2 amide bonds. The van der Waals surface area contributed by atoms with Crippen LogP contribution in [-0.2, 0) is 17.8 Å². The minimum absolute atomic E-state index is 0.0629. The van der Waals surface area contributed by atoms with Crippen molar-refractivity contribution in [1.29, 1.82) is 0 Å². The lowest BCUT2D eigenvalue weighted by Gasteiger charge is -2.28. The van der Waals surface area contributed by atoms with E-state index in [1.807, 2.05) is 42.6 Å². The fourth-order valence-corrected chi connectivity index (χ4v) is 6.20. The summed E-state index contributed by atoms with van der Waals surface area (Å²) < 4.78 is 26.7. The van der Waals surface area contributed by atoms with Gasteiger partial charge in [-0.05, 0) is 59.5 Å². The zero-order valence-corrected chi connectivity index (χ0v) is 24.5. The molecule has 5 aromatic rings. The molecule has 0 aliphatic carbocycles. The van der Waals surface area contributed by atoms with E-state index in [2.05, 4.69) is 10.3 Å². The van der Waals surface area contributed by atoms with Crippen LogP contribution in [0.15, 0.2) is 85.1 Å². The van der Waals surface area contributed by atoms with E-state index in [0.717, 1.165) is 27.6 Å². The Morgan fingerprint density at radius 3 is 2.56 bits per heavy atom. The van der Waals surface area contributed by atoms with Crippen molar-refractivity contribution in [2.45, 2.75) is 19.1 Å². The predicted molar refractivity (Wildman–Crippen MR) is 169 cm³/mol. The number of aromatic nitrogens is 1. The molecule has 3 heterocycles. The predicted octanol–water partition coefficient (Wildman–Crippen LogP) is 5.34. The molecule has 45 heavy (non-hydrogen) atoms. The Kier molecular flexibility index (Phi) is 7.79. The first kappa shape index (κ1) is 28.8. The van der Waals surface area contributed by atoms with Gasteiger partial charge in [0, 0.05) is 58.0 Å². The quantitative estimate of drug-likeness (QED) is 0.233. The van der Waals surface area contributed by atoms with E-state index in [1.165, 1.54) is 6.07 Å². The maximum absolute atomic E-state index is 15.1. The van der Waals surface area contributed by atoms with Crippen molar-refractivity contribution in [2.24, 2.45) is 0 Å². The smallest absolute Gasteiger partial charge is 0.254 e. The SMILES string of the molecule is O=C(NC(CO)Cc1c[nH]c2ccccc12)c1cc2c(cc1-c1ccccc1F)OCc1cc(C(=O)N3CCOCC3)ccc1-2. The van der Waals surface area contributed by atoms with Gasteiger partial charge in [-0.1, -0.05) is 42.5 Å². The Bertz CT molecular complexity index is 1910. The lowest BCUT2D eigenvalue weighted by molar-refractivity contribution is 0.0303. The van der Waals surface area contributed by atoms with Gasteiger partial charge in [0.15, 0.2) is 0 Å². The Morgan fingerprint density at radius 1 is 0.933 bits per heavy atom. The van der Waals surface area contributed by atoms with Gasteiger partial charge in [0.05, 0.1) is 25.9 Å². The summed E-state index contributed by atoms with van der Waals surface area (Å²) in [4.78, 5) is 32.1. The van der Waals surface area contributed by atoms with Crippen LogP contribution in [0.4, 0.5) is 4.39 Å². The normalized spacial score (nSPS) is 14.8. The first-order valence-corrected chi connectivity index (χ1v) is 15.0. The van der Waals surface area contributed by atoms with Gasteiger partial charge in [0.1, 0.15) is 18.2 Å². The highest BCUT2D eigenvalue weighted by atomic mass is 19.1. The van der Waals surface area contributed by atoms with Crippen LogP contribution in [0.5, 0.6) is 5.75 Å². The van der Waals surface area contributed by atoms with Crippen LogP contribution < -0.4 is 10.1 Å². The monoisotopic (exact) mass is 605 g/mol. The number of carbonyl (C=O) groups excluding carboxylic acids is 2. The summed E-state index contributed by atoms with van der Waals surface area (Å²) in [6, 6.07) is 22.5. The second kappa shape index (κ2) is 12.2. The number of halogens is 1. The number of ether oxygens (including phenoxy) is 2. The molecule has 1 fully saturated rings. The summed E-state index contributed by atoms with van der Waals surface area (Å²) in [7, 11) is 0. The number of hydrogen-bond donors (Lipinski definition) is 3. The van der Waals surface area contributed by atoms with Gasteiger partial charge in [-0.15, -0.1) is 0 Å². The third kappa shape index (κ3) is 5.56. The van der Waals surface area contributed by atoms with Crippen molar-refractivity contribution in [2.75, 3.05) is 32.9 Å². The number of nitrogens with zero attached hydrogens (tertiary/aromatic N) is 1. The summed E-state index contributed by atoms with van der Waals surface area (Å²) in [6.07, 6.45) is 2.29. The molecule has 0 radical (unpaired) electrons. The van der Waals surface area contributed by atoms with Crippen molar-refractivity contribution >= 4 is 22.7 Å². The molecule has 2 aliphatic rings. The van der Waals surface area contributed by atoms with Gasteiger partial charge in [0.25, 0.3) is 11.8 Å². The number of para-hydroxylation sites is 1. The molecule has 0 bridgehead atoms. The molecule has 1 aromatic heterocycles. The lowest BCUT2D eigenvalue weighted by atomic mass is 9.89. The van der Waals surface area contributed by atoms with Gasteiger partial charge in [-0.3, -0.25) is 9.59 Å². The number of rotatable bonds is 7. The number of fused-ring (bicyclic) bond motifs is 4. The van der Waals surface area contributed by atoms with Gasteiger partial charge < -0.3 is 29.8 Å². The second-order valence-electron chi connectivity index (χ2n) is 11.4. The van der Waals surface area contributed by atoms with Gasteiger partial charge in [-0.25, -0.2) is 4.39 Å². The molecular formula is C36H32FN3O5. The molecule has 2 aliphatic heterocycles. The number of aliphatic hydroxyl groups is 1. The van der Waals surface area contributed by atoms with E-state index in [9.17, 15) is 14.7 Å².